The number of ether oxygens (including phenoxy) is 4. The standard InChI is InChI=1S/C19H26N2O6/c1-24-10-15-16(22)17(23)18(25-2)19(27-15)26-14-7-8-21-13(14)9-11-3-5-12(20)6-4-11/h3-8,15-19,21-23H,9-10,20H2,1-2H3/t15?,16-,17+,18-,19-/m1/s1. The Morgan fingerprint density at radius 3 is 2.52 bits per heavy atom. The molecule has 1 fully saturated rings. The van der Waals surface area contributed by atoms with Crippen molar-refractivity contribution in [3.8, 4) is 5.75 Å². The summed E-state index contributed by atoms with van der Waals surface area (Å²) < 4.78 is 22.2. The van der Waals surface area contributed by atoms with Crippen LogP contribution in [-0.4, -0.2) is 66.7 Å². The lowest BCUT2D eigenvalue weighted by atomic mass is 9.99. The van der Waals surface area contributed by atoms with Crippen LogP contribution >= 0.6 is 0 Å². The lowest BCUT2D eigenvalue weighted by molar-refractivity contribution is -0.284. The van der Waals surface area contributed by atoms with Gasteiger partial charge < -0.3 is 39.9 Å². The average Bonchev–Trinajstić information content (AvgIpc) is 3.08. The summed E-state index contributed by atoms with van der Waals surface area (Å²) in [5, 5.41) is 20.5. The number of nitrogens with one attached hydrogen (secondary N) is 1. The molecular weight excluding hydrogens is 352 g/mol. The van der Waals surface area contributed by atoms with Crippen LogP contribution in [0.4, 0.5) is 5.69 Å². The Labute approximate surface area is 157 Å². The average molecular weight is 378 g/mol. The van der Waals surface area contributed by atoms with Crippen molar-refractivity contribution in [2.75, 3.05) is 26.6 Å². The first-order valence-electron chi connectivity index (χ1n) is 8.74. The Kier molecular flexibility index (Phi) is 6.35. The van der Waals surface area contributed by atoms with E-state index in [0.717, 1.165) is 11.3 Å². The highest BCUT2D eigenvalue weighted by atomic mass is 16.7. The highest BCUT2D eigenvalue weighted by Gasteiger charge is 2.46. The number of benzene rings is 1. The van der Waals surface area contributed by atoms with E-state index in [1.54, 1.807) is 12.3 Å². The number of H-pyrrole nitrogens is 1. The zero-order valence-corrected chi connectivity index (χ0v) is 15.4. The summed E-state index contributed by atoms with van der Waals surface area (Å²) in [6.45, 7) is 0.125. The first-order chi connectivity index (χ1) is 13.0. The minimum Gasteiger partial charge on any atom is -0.460 e. The molecule has 0 aliphatic carbocycles. The van der Waals surface area contributed by atoms with Crippen LogP contribution in [0.2, 0.25) is 0 Å². The molecular formula is C19H26N2O6. The molecule has 0 radical (unpaired) electrons. The summed E-state index contributed by atoms with van der Waals surface area (Å²) in [7, 11) is 2.93. The molecule has 1 aromatic heterocycles. The van der Waals surface area contributed by atoms with Crippen LogP contribution in [0.5, 0.6) is 5.75 Å². The molecule has 1 saturated heterocycles. The summed E-state index contributed by atoms with van der Waals surface area (Å²) in [5.74, 6) is 0.582. The third-order valence-corrected chi connectivity index (χ3v) is 4.64. The molecule has 8 heteroatoms. The summed E-state index contributed by atoms with van der Waals surface area (Å²) in [6, 6.07) is 9.37. The van der Waals surface area contributed by atoms with Gasteiger partial charge in [0.15, 0.2) is 0 Å². The number of hydrogen-bond acceptors (Lipinski definition) is 7. The minimum atomic E-state index is -1.16. The van der Waals surface area contributed by atoms with E-state index in [0.29, 0.717) is 17.9 Å². The maximum Gasteiger partial charge on any atom is 0.229 e. The second-order valence-corrected chi connectivity index (χ2v) is 6.54. The van der Waals surface area contributed by atoms with E-state index in [9.17, 15) is 10.2 Å². The number of rotatable bonds is 7. The van der Waals surface area contributed by atoms with E-state index in [2.05, 4.69) is 4.98 Å². The third kappa shape index (κ3) is 4.42. The number of nitrogens with two attached hydrogens (primary N) is 1. The highest BCUT2D eigenvalue weighted by molar-refractivity contribution is 5.41. The van der Waals surface area contributed by atoms with Crippen molar-refractivity contribution in [2.45, 2.75) is 37.1 Å². The van der Waals surface area contributed by atoms with Crippen LogP contribution in [0.3, 0.4) is 0 Å². The number of hydrogen-bond donors (Lipinski definition) is 4. The lowest BCUT2D eigenvalue weighted by Gasteiger charge is -2.41. The van der Waals surface area contributed by atoms with Crippen LogP contribution in [0.1, 0.15) is 11.3 Å². The Morgan fingerprint density at radius 1 is 1.11 bits per heavy atom. The van der Waals surface area contributed by atoms with E-state index in [-0.39, 0.29) is 6.61 Å². The van der Waals surface area contributed by atoms with E-state index < -0.39 is 30.7 Å². The Bertz CT molecular complexity index is 717. The summed E-state index contributed by atoms with van der Waals surface area (Å²) in [5.41, 5.74) is 8.35. The molecule has 5 atom stereocenters. The number of methoxy groups -OCH3 is 2. The van der Waals surface area contributed by atoms with E-state index in [4.69, 9.17) is 24.7 Å². The first kappa shape index (κ1) is 19.7. The third-order valence-electron chi connectivity index (χ3n) is 4.64. The molecule has 148 valence electrons. The van der Waals surface area contributed by atoms with Crippen molar-refractivity contribution in [2.24, 2.45) is 0 Å². The van der Waals surface area contributed by atoms with Crippen molar-refractivity contribution >= 4 is 5.69 Å². The van der Waals surface area contributed by atoms with Gasteiger partial charge in [-0.25, -0.2) is 0 Å². The Morgan fingerprint density at radius 2 is 1.85 bits per heavy atom. The number of aromatic amines is 1. The second-order valence-electron chi connectivity index (χ2n) is 6.54. The Hall–Kier alpha value is -2.10. The molecule has 27 heavy (non-hydrogen) atoms. The first-order valence-corrected chi connectivity index (χ1v) is 8.74. The Balaban J connectivity index is 1.75. The lowest BCUT2D eigenvalue weighted by Crippen LogP contribution is -2.60. The van der Waals surface area contributed by atoms with Crippen LogP contribution in [0.25, 0.3) is 0 Å². The van der Waals surface area contributed by atoms with Gasteiger partial charge in [-0.15, -0.1) is 0 Å². The molecule has 2 heterocycles. The molecule has 1 aliphatic heterocycles. The predicted molar refractivity (Wildman–Crippen MR) is 98.4 cm³/mol. The molecule has 8 nitrogen and oxygen atoms in total. The molecule has 0 amide bonds. The van der Waals surface area contributed by atoms with Gasteiger partial charge in [0.05, 0.1) is 12.3 Å². The van der Waals surface area contributed by atoms with Gasteiger partial charge in [0.25, 0.3) is 0 Å². The molecule has 1 unspecified atom stereocenters. The maximum atomic E-state index is 10.4. The molecule has 1 aliphatic rings. The summed E-state index contributed by atoms with van der Waals surface area (Å²) in [4.78, 5) is 3.16. The molecule has 0 spiro atoms. The zero-order chi connectivity index (χ0) is 19.4. The van der Waals surface area contributed by atoms with Gasteiger partial charge in [0, 0.05) is 32.5 Å². The van der Waals surface area contributed by atoms with Gasteiger partial charge in [-0.2, -0.15) is 0 Å². The van der Waals surface area contributed by atoms with Crippen molar-refractivity contribution in [3.63, 3.8) is 0 Å². The fourth-order valence-corrected chi connectivity index (χ4v) is 3.16. The minimum absolute atomic E-state index is 0.125. The van der Waals surface area contributed by atoms with Gasteiger partial charge in [-0.1, -0.05) is 12.1 Å². The fourth-order valence-electron chi connectivity index (χ4n) is 3.16. The number of aliphatic hydroxyl groups is 2. The zero-order valence-electron chi connectivity index (χ0n) is 15.4. The van der Waals surface area contributed by atoms with Gasteiger partial charge in [0.2, 0.25) is 6.29 Å². The topological polar surface area (TPSA) is 119 Å². The van der Waals surface area contributed by atoms with Crippen LogP contribution in [-0.2, 0) is 20.6 Å². The monoisotopic (exact) mass is 378 g/mol. The normalized spacial score (nSPS) is 28.2. The van der Waals surface area contributed by atoms with Crippen molar-refractivity contribution in [3.05, 3.63) is 47.8 Å². The largest absolute Gasteiger partial charge is 0.460 e. The quantitative estimate of drug-likeness (QED) is 0.523. The SMILES string of the molecule is COCC1O[C@@H](Oc2cc[nH]c2Cc2ccc(N)cc2)[C@H](OC)[C@@H](O)[C@@H]1O. The number of aliphatic hydroxyl groups excluding tert-OH is 2. The molecule has 1 aromatic carbocycles. The molecule has 5 N–H and O–H groups in total. The van der Waals surface area contributed by atoms with Crippen LogP contribution in [0, 0.1) is 0 Å². The van der Waals surface area contributed by atoms with Gasteiger partial charge >= 0.3 is 0 Å². The van der Waals surface area contributed by atoms with E-state index in [1.165, 1.54) is 14.2 Å². The van der Waals surface area contributed by atoms with Gasteiger partial charge in [-0.05, 0) is 23.8 Å². The smallest absolute Gasteiger partial charge is 0.229 e. The molecule has 0 bridgehead atoms. The van der Waals surface area contributed by atoms with E-state index >= 15 is 0 Å². The van der Waals surface area contributed by atoms with Crippen LogP contribution in [0.15, 0.2) is 36.5 Å². The van der Waals surface area contributed by atoms with Crippen LogP contribution < -0.4 is 10.5 Å². The molecule has 2 aromatic rings. The predicted octanol–water partition coefficient (Wildman–Crippen LogP) is 0.675. The molecule has 3 rings (SSSR count). The van der Waals surface area contributed by atoms with Gasteiger partial charge in [-0.3, -0.25) is 0 Å². The number of anilines is 1. The van der Waals surface area contributed by atoms with Crippen molar-refractivity contribution < 1.29 is 29.2 Å². The second kappa shape index (κ2) is 8.73. The maximum absolute atomic E-state index is 10.4. The summed E-state index contributed by atoms with van der Waals surface area (Å²) in [6.07, 6.45) is -2.36. The molecule has 0 saturated carbocycles. The highest BCUT2D eigenvalue weighted by Crippen LogP contribution is 2.28. The fraction of sp³-hybridized carbons (Fsp3) is 0.474. The van der Waals surface area contributed by atoms with Gasteiger partial charge in [0.1, 0.15) is 30.2 Å². The van der Waals surface area contributed by atoms with E-state index in [1.807, 2.05) is 24.3 Å². The van der Waals surface area contributed by atoms with Crippen molar-refractivity contribution in [1.82, 2.24) is 4.98 Å². The van der Waals surface area contributed by atoms with Crippen molar-refractivity contribution in [1.29, 1.82) is 0 Å². The summed E-state index contributed by atoms with van der Waals surface area (Å²) >= 11 is 0. The number of aromatic nitrogens is 1. The number of nitrogen functional groups attached to an aromatic ring is 1.